The van der Waals surface area contributed by atoms with Gasteiger partial charge in [0.2, 0.25) is 0 Å². The lowest BCUT2D eigenvalue weighted by molar-refractivity contribution is 0.0606. The second-order valence-corrected chi connectivity index (χ2v) is 6.47. The second-order valence-electron chi connectivity index (χ2n) is 3.46. The van der Waals surface area contributed by atoms with Crippen molar-refractivity contribution in [2.24, 2.45) is 0 Å². The summed E-state index contributed by atoms with van der Waals surface area (Å²) in [7, 11) is 0.590. The van der Waals surface area contributed by atoms with Crippen LogP contribution in [0.2, 0.25) is 0 Å². The van der Waals surface area contributed by atoms with Gasteiger partial charge >= 0.3 is 5.97 Å². The molecule has 0 radical (unpaired) electrons. The minimum absolute atomic E-state index is 0.0356. The lowest BCUT2D eigenvalue weighted by Gasteiger charge is -2.06. The number of thiophene rings is 1. The topological polar surface area (TPSA) is 93.7 Å². The molecule has 0 amide bonds. The Balaban J connectivity index is 3.04. The highest BCUT2D eigenvalue weighted by Gasteiger charge is 2.25. The molecule has 0 atom stereocenters. The van der Waals surface area contributed by atoms with Crippen LogP contribution >= 0.6 is 11.3 Å². The van der Waals surface area contributed by atoms with Crippen molar-refractivity contribution in [3.63, 3.8) is 0 Å². The molecule has 0 aliphatic rings. The molecule has 1 aromatic heterocycles. The van der Waals surface area contributed by atoms with Crippen LogP contribution in [0, 0.1) is 0 Å². The number of hydrogen-bond donors (Lipinski definition) is 2. The average molecular weight is 308 g/mol. The Bertz CT molecular complexity index is 538. The van der Waals surface area contributed by atoms with E-state index in [0.717, 1.165) is 11.3 Å². The quantitative estimate of drug-likeness (QED) is 0.546. The van der Waals surface area contributed by atoms with Crippen LogP contribution in [0.25, 0.3) is 0 Å². The number of carbonyl (C=O) groups excluding carboxylic acids is 1. The lowest BCUT2D eigenvalue weighted by Crippen LogP contribution is -2.30. The third-order valence-corrected chi connectivity index (χ3v) is 5.26. The van der Waals surface area contributed by atoms with Gasteiger partial charge in [-0.25, -0.2) is 17.9 Å². The number of esters is 1. The highest BCUT2D eigenvalue weighted by atomic mass is 32.2. The molecular formula is C10H16N2O5S2. The van der Waals surface area contributed by atoms with Crippen LogP contribution in [0.5, 0.6) is 5.75 Å². The number of hydrogen-bond acceptors (Lipinski definition) is 7. The zero-order valence-electron chi connectivity index (χ0n) is 10.8. The van der Waals surface area contributed by atoms with Crippen molar-refractivity contribution in [1.29, 1.82) is 0 Å². The minimum Gasteiger partial charge on any atom is -0.494 e. The van der Waals surface area contributed by atoms with E-state index in [9.17, 15) is 13.2 Å². The smallest absolute Gasteiger partial charge is 0.348 e. The van der Waals surface area contributed by atoms with Gasteiger partial charge in [0.15, 0.2) is 9.96 Å². The van der Waals surface area contributed by atoms with Crippen molar-refractivity contribution in [3.8, 4) is 5.75 Å². The van der Waals surface area contributed by atoms with E-state index >= 15 is 0 Å². The van der Waals surface area contributed by atoms with Crippen molar-refractivity contribution >= 4 is 27.3 Å². The normalized spacial score (nSPS) is 11.3. The van der Waals surface area contributed by atoms with Gasteiger partial charge in [-0.2, -0.15) is 0 Å². The lowest BCUT2D eigenvalue weighted by atomic mass is 10.4. The molecule has 9 heteroatoms. The van der Waals surface area contributed by atoms with Crippen LogP contribution in [0.15, 0.2) is 10.3 Å². The van der Waals surface area contributed by atoms with Gasteiger partial charge in [0.1, 0.15) is 4.88 Å². The number of carbonyl (C=O) groups is 1. The average Bonchev–Trinajstić information content (AvgIpc) is 2.83. The van der Waals surface area contributed by atoms with Crippen LogP contribution in [0.1, 0.15) is 9.67 Å². The molecular weight excluding hydrogens is 292 g/mol. The Morgan fingerprint density at radius 2 is 2.05 bits per heavy atom. The van der Waals surface area contributed by atoms with E-state index in [-0.39, 0.29) is 21.4 Å². The molecule has 1 aromatic rings. The first kappa shape index (κ1) is 15.9. The molecule has 0 unspecified atom stereocenters. The number of methoxy groups -OCH3 is 2. The summed E-state index contributed by atoms with van der Waals surface area (Å²) in [5.41, 5.74) is 0. The summed E-state index contributed by atoms with van der Waals surface area (Å²) in [5, 5.41) is 2.82. The molecule has 19 heavy (non-hydrogen) atoms. The Morgan fingerprint density at radius 3 is 2.58 bits per heavy atom. The van der Waals surface area contributed by atoms with E-state index in [0.29, 0.717) is 6.54 Å². The minimum atomic E-state index is -3.70. The van der Waals surface area contributed by atoms with Crippen LogP contribution in [0.3, 0.4) is 0 Å². The zero-order chi connectivity index (χ0) is 14.5. The molecule has 7 nitrogen and oxygen atoms in total. The van der Waals surface area contributed by atoms with Crippen molar-refractivity contribution in [2.45, 2.75) is 4.21 Å². The van der Waals surface area contributed by atoms with Gasteiger partial charge in [0.25, 0.3) is 10.0 Å². The summed E-state index contributed by atoms with van der Waals surface area (Å²) in [4.78, 5) is 11.6. The molecule has 0 bridgehead atoms. The molecule has 1 rings (SSSR count). The molecule has 0 aliphatic carbocycles. The molecule has 0 aliphatic heterocycles. The molecule has 2 N–H and O–H groups in total. The van der Waals surface area contributed by atoms with Gasteiger partial charge in [-0.3, -0.25) is 0 Å². The van der Waals surface area contributed by atoms with Crippen LogP contribution in [0.4, 0.5) is 0 Å². The first-order chi connectivity index (χ1) is 8.96. The van der Waals surface area contributed by atoms with E-state index < -0.39 is 16.0 Å². The Morgan fingerprint density at radius 1 is 1.37 bits per heavy atom. The Labute approximate surface area is 116 Å². The van der Waals surface area contributed by atoms with Gasteiger partial charge in [0, 0.05) is 19.2 Å². The van der Waals surface area contributed by atoms with E-state index in [1.54, 1.807) is 7.05 Å². The van der Waals surface area contributed by atoms with E-state index in [1.807, 2.05) is 0 Å². The summed E-state index contributed by atoms with van der Waals surface area (Å²) in [6.07, 6.45) is 0. The fourth-order valence-electron chi connectivity index (χ4n) is 1.26. The van der Waals surface area contributed by atoms with Crippen molar-refractivity contribution in [3.05, 3.63) is 10.9 Å². The number of rotatable bonds is 7. The predicted octanol–water partition coefficient (Wildman–Crippen LogP) is 0.0410. The standard InChI is InChI=1S/C10H16N2O5S2/c1-11-4-5-12-19(14,15)10-7(16-2)6-8(18-10)9(13)17-3/h6,11-12H,4-5H2,1-3H3. The number of sulfonamides is 1. The fourth-order valence-corrected chi connectivity index (χ4v) is 3.83. The summed E-state index contributed by atoms with van der Waals surface area (Å²) in [6.45, 7) is 0.740. The highest BCUT2D eigenvalue weighted by Crippen LogP contribution is 2.33. The van der Waals surface area contributed by atoms with E-state index in [1.165, 1.54) is 20.3 Å². The molecule has 0 fully saturated rings. The van der Waals surface area contributed by atoms with Crippen LogP contribution in [-0.2, 0) is 14.8 Å². The third-order valence-electron chi connectivity index (χ3n) is 2.18. The molecule has 0 aromatic carbocycles. The maximum atomic E-state index is 12.1. The predicted molar refractivity (Wildman–Crippen MR) is 71.3 cm³/mol. The monoisotopic (exact) mass is 308 g/mol. The van der Waals surface area contributed by atoms with Gasteiger partial charge in [-0.05, 0) is 7.05 Å². The van der Waals surface area contributed by atoms with Gasteiger partial charge in [-0.15, -0.1) is 11.3 Å². The third kappa shape index (κ3) is 3.90. The van der Waals surface area contributed by atoms with Gasteiger partial charge in [0.05, 0.1) is 14.2 Å². The number of likely N-dealkylation sites (N-methyl/N-ethyl adjacent to an activating group) is 1. The van der Waals surface area contributed by atoms with E-state index in [4.69, 9.17) is 4.74 Å². The summed E-state index contributed by atoms with van der Waals surface area (Å²) in [6, 6.07) is 1.35. The van der Waals surface area contributed by atoms with Crippen molar-refractivity contribution < 1.29 is 22.7 Å². The molecule has 1 heterocycles. The zero-order valence-corrected chi connectivity index (χ0v) is 12.5. The maximum absolute atomic E-state index is 12.1. The first-order valence-corrected chi connectivity index (χ1v) is 7.66. The van der Waals surface area contributed by atoms with E-state index in [2.05, 4.69) is 14.8 Å². The fraction of sp³-hybridized carbons (Fsp3) is 0.500. The molecule has 0 saturated carbocycles. The van der Waals surface area contributed by atoms with Crippen LogP contribution in [-0.4, -0.2) is 48.7 Å². The van der Waals surface area contributed by atoms with Crippen molar-refractivity contribution in [2.75, 3.05) is 34.4 Å². The Kier molecular flexibility index (Phi) is 5.73. The van der Waals surface area contributed by atoms with Gasteiger partial charge < -0.3 is 14.8 Å². The Hall–Kier alpha value is -1.16. The summed E-state index contributed by atoms with van der Waals surface area (Å²) >= 11 is 0.811. The SMILES string of the molecule is CNCCNS(=O)(=O)c1sc(C(=O)OC)cc1OC. The number of nitrogens with one attached hydrogen (secondary N) is 2. The van der Waals surface area contributed by atoms with Crippen LogP contribution < -0.4 is 14.8 Å². The van der Waals surface area contributed by atoms with Crippen molar-refractivity contribution in [1.82, 2.24) is 10.0 Å². The molecule has 0 saturated heterocycles. The van der Waals surface area contributed by atoms with Gasteiger partial charge in [-0.1, -0.05) is 0 Å². The maximum Gasteiger partial charge on any atom is 0.348 e. The summed E-state index contributed by atoms with van der Waals surface area (Å²) in [5.74, 6) is -0.470. The molecule has 0 spiro atoms. The highest BCUT2D eigenvalue weighted by molar-refractivity contribution is 7.91. The molecule has 108 valence electrons. The largest absolute Gasteiger partial charge is 0.494 e. The first-order valence-electron chi connectivity index (χ1n) is 5.36. The second kappa shape index (κ2) is 6.85. The number of ether oxygens (including phenoxy) is 2. The summed E-state index contributed by atoms with van der Waals surface area (Å²) < 4.78 is 36.0.